The maximum absolute atomic E-state index is 14.0. The van der Waals surface area contributed by atoms with Crippen LogP contribution >= 0.6 is 15.9 Å². The van der Waals surface area contributed by atoms with Crippen LogP contribution in [-0.2, 0) is 11.3 Å². The lowest BCUT2D eigenvalue weighted by atomic mass is 10.0. The molecule has 2 fully saturated rings. The number of benzene rings is 1. The normalized spacial score (nSPS) is 20.0. The first-order valence-corrected chi connectivity index (χ1v) is 10.1. The number of carbonyl (C=O) groups is 2. The van der Waals surface area contributed by atoms with Crippen molar-refractivity contribution in [3.05, 3.63) is 34.1 Å². The molecule has 1 atom stereocenters. The van der Waals surface area contributed by atoms with Gasteiger partial charge in [0.2, 0.25) is 5.91 Å². The molecular formula is C19H25BrFN3O2. The number of amides is 3. The number of likely N-dealkylation sites (tertiary alicyclic amines) is 1. The summed E-state index contributed by atoms with van der Waals surface area (Å²) in [6.07, 6.45) is 4.31. The summed E-state index contributed by atoms with van der Waals surface area (Å²) in [5.74, 6) is -0.196. The number of nitrogens with zero attached hydrogens (tertiary/aromatic N) is 2. The Morgan fingerprint density at radius 3 is 2.73 bits per heavy atom. The number of nitrogens with one attached hydrogen (secondary N) is 1. The predicted octanol–water partition coefficient (Wildman–Crippen LogP) is 3.66. The van der Waals surface area contributed by atoms with Gasteiger partial charge < -0.3 is 15.1 Å². The highest BCUT2D eigenvalue weighted by atomic mass is 79.9. The van der Waals surface area contributed by atoms with Crippen molar-refractivity contribution in [1.29, 1.82) is 0 Å². The first kappa shape index (κ1) is 19.1. The summed E-state index contributed by atoms with van der Waals surface area (Å²) in [6.45, 7) is 3.40. The summed E-state index contributed by atoms with van der Waals surface area (Å²) in [6, 6.07) is 4.95. The minimum atomic E-state index is -0.338. The van der Waals surface area contributed by atoms with E-state index in [0.29, 0.717) is 23.0 Å². The standard InChI is InChI=1S/C19H25BrFN3O2/c1-2-18(25)23-9-3-4-16(12-23)24(15-7-8-15)19(26)22-11-13-5-6-14(20)10-17(13)21/h5-6,10,15-16H,2-4,7-9,11-12H2,1H3,(H,22,26)/t16-/m1/s1. The van der Waals surface area contributed by atoms with Gasteiger partial charge in [-0.1, -0.05) is 28.9 Å². The molecule has 1 saturated carbocycles. The number of halogens is 2. The van der Waals surface area contributed by atoms with Gasteiger partial charge in [0.25, 0.3) is 0 Å². The Morgan fingerprint density at radius 1 is 1.31 bits per heavy atom. The molecule has 3 amide bonds. The maximum Gasteiger partial charge on any atom is 0.318 e. The molecule has 26 heavy (non-hydrogen) atoms. The summed E-state index contributed by atoms with van der Waals surface area (Å²) in [7, 11) is 0. The average molecular weight is 426 g/mol. The van der Waals surface area contributed by atoms with E-state index < -0.39 is 0 Å². The fourth-order valence-corrected chi connectivity index (χ4v) is 3.87. The molecule has 0 unspecified atom stereocenters. The van der Waals surface area contributed by atoms with Gasteiger partial charge in [-0.05, 0) is 37.8 Å². The summed E-state index contributed by atoms with van der Waals surface area (Å²) in [4.78, 5) is 28.6. The quantitative estimate of drug-likeness (QED) is 0.782. The van der Waals surface area contributed by atoms with Gasteiger partial charge >= 0.3 is 6.03 Å². The zero-order chi connectivity index (χ0) is 18.7. The molecule has 0 spiro atoms. The molecule has 1 aromatic rings. The summed E-state index contributed by atoms with van der Waals surface area (Å²) >= 11 is 3.23. The minimum Gasteiger partial charge on any atom is -0.341 e. The van der Waals surface area contributed by atoms with E-state index in [2.05, 4.69) is 21.2 Å². The van der Waals surface area contributed by atoms with Crippen LogP contribution in [0.1, 0.15) is 44.6 Å². The van der Waals surface area contributed by atoms with Gasteiger partial charge in [0, 0.05) is 42.1 Å². The highest BCUT2D eigenvalue weighted by molar-refractivity contribution is 9.10. The number of piperidine rings is 1. The number of urea groups is 1. The molecule has 2 aliphatic rings. The molecule has 1 aliphatic heterocycles. The van der Waals surface area contributed by atoms with Crippen LogP contribution in [0.3, 0.4) is 0 Å². The van der Waals surface area contributed by atoms with Crippen molar-refractivity contribution >= 4 is 27.9 Å². The number of hydrogen-bond donors (Lipinski definition) is 1. The molecule has 1 N–H and O–H groups in total. The van der Waals surface area contributed by atoms with E-state index in [1.54, 1.807) is 12.1 Å². The molecular weight excluding hydrogens is 401 g/mol. The SMILES string of the molecule is CCC(=O)N1CCC[C@@H](N(C(=O)NCc2ccc(Br)cc2F)C2CC2)C1. The van der Waals surface area contributed by atoms with E-state index in [-0.39, 0.29) is 36.4 Å². The number of rotatable bonds is 5. The van der Waals surface area contributed by atoms with Crippen LogP contribution in [0, 0.1) is 5.82 Å². The van der Waals surface area contributed by atoms with Gasteiger partial charge in [0.15, 0.2) is 0 Å². The smallest absolute Gasteiger partial charge is 0.318 e. The van der Waals surface area contributed by atoms with E-state index >= 15 is 0 Å². The largest absolute Gasteiger partial charge is 0.341 e. The first-order chi connectivity index (χ1) is 12.5. The van der Waals surface area contributed by atoms with E-state index in [0.717, 1.165) is 32.2 Å². The second-order valence-corrected chi connectivity index (χ2v) is 7.94. The van der Waals surface area contributed by atoms with Crippen LogP contribution in [0.4, 0.5) is 9.18 Å². The molecule has 0 bridgehead atoms. The Bertz CT molecular complexity index is 681. The molecule has 1 aliphatic carbocycles. The van der Waals surface area contributed by atoms with Crippen LogP contribution in [-0.4, -0.2) is 46.9 Å². The first-order valence-electron chi connectivity index (χ1n) is 9.27. The fraction of sp³-hybridized carbons (Fsp3) is 0.579. The van der Waals surface area contributed by atoms with E-state index in [4.69, 9.17) is 0 Å². The zero-order valence-corrected chi connectivity index (χ0v) is 16.6. The Hall–Kier alpha value is -1.63. The molecule has 0 aromatic heterocycles. The van der Waals surface area contributed by atoms with Gasteiger partial charge in [-0.2, -0.15) is 0 Å². The maximum atomic E-state index is 14.0. The molecule has 142 valence electrons. The lowest BCUT2D eigenvalue weighted by Crippen LogP contribution is -2.54. The second-order valence-electron chi connectivity index (χ2n) is 7.02. The van der Waals surface area contributed by atoms with Gasteiger partial charge in [-0.25, -0.2) is 9.18 Å². The summed E-state index contributed by atoms with van der Waals surface area (Å²) in [5, 5.41) is 2.86. The lowest BCUT2D eigenvalue weighted by molar-refractivity contribution is -0.132. The predicted molar refractivity (Wildman–Crippen MR) is 101 cm³/mol. The van der Waals surface area contributed by atoms with Crippen LogP contribution in [0.2, 0.25) is 0 Å². The van der Waals surface area contributed by atoms with Crippen molar-refractivity contribution < 1.29 is 14.0 Å². The van der Waals surface area contributed by atoms with Crippen molar-refractivity contribution in [2.24, 2.45) is 0 Å². The third kappa shape index (κ3) is 4.55. The lowest BCUT2D eigenvalue weighted by Gasteiger charge is -2.39. The highest BCUT2D eigenvalue weighted by Gasteiger charge is 2.39. The fourth-order valence-electron chi connectivity index (χ4n) is 3.54. The number of carbonyl (C=O) groups excluding carboxylic acids is 2. The number of hydrogen-bond acceptors (Lipinski definition) is 2. The van der Waals surface area contributed by atoms with E-state index in [9.17, 15) is 14.0 Å². The monoisotopic (exact) mass is 425 g/mol. The molecule has 7 heteroatoms. The molecule has 1 saturated heterocycles. The van der Waals surface area contributed by atoms with Crippen LogP contribution in [0.25, 0.3) is 0 Å². The zero-order valence-electron chi connectivity index (χ0n) is 15.0. The third-order valence-electron chi connectivity index (χ3n) is 5.07. The average Bonchev–Trinajstić information content (AvgIpc) is 3.45. The molecule has 5 nitrogen and oxygen atoms in total. The van der Waals surface area contributed by atoms with E-state index in [1.807, 2.05) is 16.7 Å². The van der Waals surface area contributed by atoms with Crippen LogP contribution < -0.4 is 5.32 Å². The van der Waals surface area contributed by atoms with Crippen molar-refractivity contribution in [3.63, 3.8) is 0 Å². The topological polar surface area (TPSA) is 52.7 Å². The molecule has 1 aromatic carbocycles. The molecule has 1 heterocycles. The van der Waals surface area contributed by atoms with Gasteiger partial charge in [0.05, 0.1) is 6.04 Å². The van der Waals surface area contributed by atoms with Gasteiger partial charge in [-0.15, -0.1) is 0 Å². The Balaban J connectivity index is 1.63. The van der Waals surface area contributed by atoms with Crippen molar-refractivity contribution in [2.45, 2.75) is 57.7 Å². The van der Waals surface area contributed by atoms with Gasteiger partial charge in [0.1, 0.15) is 5.82 Å². The Kier molecular flexibility index (Phi) is 6.16. The van der Waals surface area contributed by atoms with Crippen LogP contribution in [0.15, 0.2) is 22.7 Å². The minimum absolute atomic E-state index is 0.0431. The van der Waals surface area contributed by atoms with Crippen molar-refractivity contribution in [1.82, 2.24) is 15.1 Å². The second kappa shape index (κ2) is 8.37. The summed E-state index contributed by atoms with van der Waals surface area (Å²) < 4.78 is 14.6. The van der Waals surface area contributed by atoms with Crippen LogP contribution in [0.5, 0.6) is 0 Å². The summed E-state index contributed by atoms with van der Waals surface area (Å²) in [5.41, 5.74) is 0.462. The Morgan fingerprint density at radius 2 is 2.08 bits per heavy atom. The molecule has 0 radical (unpaired) electrons. The van der Waals surface area contributed by atoms with Crippen molar-refractivity contribution in [3.8, 4) is 0 Å². The van der Waals surface area contributed by atoms with Crippen molar-refractivity contribution in [2.75, 3.05) is 13.1 Å². The third-order valence-corrected chi connectivity index (χ3v) is 5.56. The molecule has 3 rings (SSSR count). The highest BCUT2D eigenvalue weighted by Crippen LogP contribution is 2.31. The van der Waals surface area contributed by atoms with E-state index in [1.165, 1.54) is 6.07 Å². The van der Waals surface area contributed by atoms with Gasteiger partial charge in [-0.3, -0.25) is 4.79 Å². The Labute approximate surface area is 162 Å².